The fourth-order valence-corrected chi connectivity index (χ4v) is 3.06. The third-order valence-corrected chi connectivity index (χ3v) is 4.69. The Balaban J connectivity index is 1.51. The van der Waals surface area contributed by atoms with Crippen molar-refractivity contribution in [2.45, 2.75) is 25.1 Å². The predicted molar refractivity (Wildman–Crippen MR) is 99.6 cm³/mol. The van der Waals surface area contributed by atoms with Crippen LogP contribution in [0.1, 0.15) is 18.4 Å². The molecule has 0 atom stereocenters. The molecule has 2 aromatic rings. The molecule has 1 amide bonds. The molecule has 1 aromatic heterocycles. The van der Waals surface area contributed by atoms with Crippen LogP contribution < -0.4 is 15.6 Å². The van der Waals surface area contributed by atoms with Crippen LogP contribution >= 0.6 is 0 Å². The lowest BCUT2D eigenvalue weighted by Crippen LogP contribution is -2.44. The minimum Gasteiger partial charge on any atom is -0.490 e. The summed E-state index contributed by atoms with van der Waals surface area (Å²) in [6.45, 7) is 0.764. The van der Waals surface area contributed by atoms with E-state index in [4.69, 9.17) is 4.74 Å². The first-order valence-electron chi connectivity index (χ1n) is 9.12. The fraction of sp³-hybridized carbons (Fsp3) is 0.421. The number of benzene rings is 1. The first kappa shape index (κ1) is 20.7. The standard InChI is InChI=1S/C19H21F3N4O3/c1-25-17(27)10-13(11-24-25)23-12-18(28)26-8-6-14(7-9-26)29-16-5-3-2-4-15(16)19(20,21)22/h2-5,10-11,14,23H,6-9,12H2,1H3. The van der Waals surface area contributed by atoms with Crippen molar-refractivity contribution in [1.29, 1.82) is 0 Å². The van der Waals surface area contributed by atoms with Crippen LogP contribution in [-0.4, -0.2) is 46.3 Å². The Hall–Kier alpha value is -3.04. The van der Waals surface area contributed by atoms with Gasteiger partial charge in [-0.2, -0.15) is 18.3 Å². The number of aryl methyl sites for hydroxylation is 1. The Bertz CT molecular complexity index is 921. The highest BCUT2D eigenvalue weighted by Crippen LogP contribution is 2.36. The average Bonchev–Trinajstić information content (AvgIpc) is 2.69. The van der Waals surface area contributed by atoms with Crippen molar-refractivity contribution in [2.24, 2.45) is 7.05 Å². The summed E-state index contributed by atoms with van der Waals surface area (Å²) in [7, 11) is 1.52. The van der Waals surface area contributed by atoms with Crippen LogP contribution in [-0.2, 0) is 18.0 Å². The number of halogens is 3. The van der Waals surface area contributed by atoms with Gasteiger partial charge >= 0.3 is 6.18 Å². The fourth-order valence-electron chi connectivity index (χ4n) is 3.06. The van der Waals surface area contributed by atoms with Gasteiger partial charge in [0.1, 0.15) is 11.9 Å². The third kappa shape index (κ3) is 5.27. The minimum absolute atomic E-state index is 0.00270. The molecule has 1 aliphatic heterocycles. The van der Waals surface area contributed by atoms with E-state index in [1.165, 1.54) is 42.2 Å². The second-order valence-electron chi connectivity index (χ2n) is 6.75. The predicted octanol–water partition coefficient (Wildman–Crippen LogP) is 2.28. The van der Waals surface area contributed by atoms with Crippen LogP contribution in [0.5, 0.6) is 5.75 Å². The van der Waals surface area contributed by atoms with E-state index in [9.17, 15) is 22.8 Å². The Morgan fingerprint density at radius 2 is 1.97 bits per heavy atom. The van der Waals surface area contributed by atoms with Crippen molar-refractivity contribution in [3.8, 4) is 5.75 Å². The largest absolute Gasteiger partial charge is 0.490 e. The molecule has 1 aliphatic rings. The number of aromatic nitrogens is 2. The number of anilines is 1. The van der Waals surface area contributed by atoms with Crippen molar-refractivity contribution >= 4 is 11.6 Å². The number of hydrogen-bond donors (Lipinski definition) is 1. The third-order valence-electron chi connectivity index (χ3n) is 4.69. The molecule has 0 radical (unpaired) electrons. The number of carbonyl (C=O) groups is 1. The molecular formula is C19H21F3N4O3. The lowest BCUT2D eigenvalue weighted by molar-refractivity contribution is -0.139. The van der Waals surface area contributed by atoms with Crippen molar-refractivity contribution in [3.63, 3.8) is 0 Å². The zero-order chi connectivity index (χ0) is 21.0. The summed E-state index contributed by atoms with van der Waals surface area (Å²) >= 11 is 0. The van der Waals surface area contributed by atoms with E-state index in [-0.39, 0.29) is 23.8 Å². The highest BCUT2D eigenvalue weighted by atomic mass is 19.4. The zero-order valence-electron chi connectivity index (χ0n) is 15.8. The summed E-state index contributed by atoms with van der Waals surface area (Å²) in [5.74, 6) is -0.357. The topological polar surface area (TPSA) is 76.5 Å². The van der Waals surface area contributed by atoms with Crippen molar-refractivity contribution < 1.29 is 22.7 Å². The Morgan fingerprint density at radius 1 is 1.28 bits per heavy atom. The van der Waals surface area contributed by atoms with Gasteiger partial charge in [-0.05, 0) is 12.1 Å². The van der Waals surface area contributed by atoms with Crippen molar-refractivity contribution in [2.75, 3.05) is 25.0 Å². The van der Waals surface area contributed by atoms with E-state index >= 15 is 0 Å². The smallest absolute Gasteiger partial charge is 0.419 e. The van der Waals surface area contributed by atoms with E-state index in [0.29, 0.717) is 31.6 Å². The highest BCUT2D eigenvalue weighted by molar-refractivity contribution is 5.80. The lowest BCUT2D eigenvalue weighted by Gasteiger charge is -2.32. The second kappa shape index (κ2) is 8.54. The maximum absolute atomic E-state index is 13.1. The molecule has 0 saturated carbocycles. The van der Waals surface area contributed by atoms with Gasteiger partial charge in [-0.15, -0.1) is 0 Å². The second-order valence-corrected chi connectivity index (χ2v) is 6.75. The van der Waals surface area contributed by atoms with Crippen LogP contribution in [0.4, 0.5) is 18.9 Å². The molecule has 0 spiro atoms. The summed E-state index contributed by atoms with van der Waals surface area (Å²) in [6.07, 6.45) is -2.55. The summed E-state index contributed by atoms with van der Waals surface area (Å²) in [6, 6.07) is 6.47. The van der Waals surface area contributed by atoms with Crippen LogP contribution in [0.3, 0.4) is 0 Å². The molecule has 1 N–H and O–H groups in total. The quantitative estimate of drug-likeness (QED) is 0.819. The summed E-state index contributed by atoms with van der Waals surface area (Å²) < 4.78 is 46.0. The molecule has 3 rings (SSSR count). The Kier molecular flexibility index (Phi) is 6.09. The van der Waals surface area contributed by atoms with Gasteiger partial charge in [-0.3, -0.25) is 9.59 Å². The van der Waals surface area contributed by atoms with Gasteiger partial charge in [0.15, 0.2) is 0 Å². The molecule has 1 aromatic carbocycles. The molecule has 1 saturated heterocycles. The van der Waals surface area contributed by atoms with Gasteiger partial charge in [-0.25, -0.2) is 4.68 Å². The normalized spacial score (nSPS) is 15.2. The van der Waals surface area contributed by atoms with E-state index in [2.05, 4.69) is 10.4 Å². The van der Waals surface area contributed by atoms with E-state index in [1.807, 2.05) is 0 Å². The van der Waals surface area contributed by atoms with E-state index in [1.54, 1.807) is 4.90 Å². The number of rotatable bonds is 5. The SMILES string of the molecule is Cn1ncc(NCC(=O)N2CCC(Oc3ccccc3C(F)(F)F)CC2)cc1=O. The average molecular weight is 410 g/mol. The van der Waals surface area contributed by atoms with Crippen LogP contribution in [0.25, 0.3) is 0 Å². The monoisotopic (exact) mass is 410 g/mol. The van der Waals surface area contributed by atoms with Gasteiger partial charge in [-0.1, -0.05) is 12.1 Å². The molecule has 0 bridgehead atoms. The first-order valence-corrected chi connectivity index (χ1v) is 9.12. The van der Waals surface area contributed by atoms with Gasteiger partial charge in [0.25, 0.3) is 5.56 Å². The van der Waals surface area contributed by atoms with Gasteiger partial charge in [0, 0.05) is 39.0 Å². The number of alkyl halides is 3. The zero-order valence-corrected chi connectivity index (χ0v) is 15.8. The molecule has 1 fully saturated rings. The number of ether oxygens (including phenoxy) is 1. The highest BCUT2D eigenvalue weighted by Gasteiger charge is 2.35. The number of hydrogen-bond acceptors (Lipinski definition) is 5. The molecule has 0 aliphatic carbocycles. The number of para-hydroxylation sites is 1. The number of nitrogens with one attached hydrogen (secondary N) is 1. The number of carbonyl (C=O) groups excluding carboxylic acids is 1. The molecule has 2 heterocycles. The Morgan fingerprint density at radius 3 is 2.62 bits per heavy atom. The molecular weight excluding hydrogens is 389 g/mol. The summed E-state index contributed by atoms with van der Waals surface area (Å²) in [4.78, 5) is 25.5. The Labute approximate surface area is 165 Å². The maximum Gasteiger partial charge on any atom is 0.419 e. The van der Waals surface area contributed by atoms with Gasteiger partial charge < -0.3 is 15.0 Å². The van der Waals surface area contributed by atoms with Crippen molar-refractivity contribution in [1.82, 2.24) is 14.7 Å². The van der Waals surface area contributed by atoms with Crippen LogP contribution in [0.2, 0.25) is 0 Å². The van der Waals surface area contributed by atoms with Crippen LogP contribution in [0, 0.1) is 0 Å². The molecule has 7 nitrogen and oxygen atoms in total. The number of nitrogens with zero attached hydrogens (tertiary/aromatic N) is 3. The van der Waals surface area contributed by atoms with Crippen molar-refractivity contribution in [3.05, 3.63) is 52.4 Å². The number of piperidine rings is 1. The first-order chi connectivity index (χ1) is 13.7. The lowest BCUT2D eigenvalue weighted by atomic mass is 10.1. The van der Waals surface area contributed by atoms with Gasteiger partial charge in [0.2, 0.25) is 5.91 Å². The molecule has 156 valence electrons. The van der Waals surface area contributed by atoms with E-state index in [0.717, 1.165) is 6.07 Å². The minimum atomic E-state index is -4.48. The molecule has 10 heteroatoms. The number of likely N-dealkylation sites (tertiary alicyclic amines) is 1. The number of amides is 1. The van der Waals surface area contributed by atoms with Gasteiger partial charge in [0.05, 0.1) is 24.0 Å². The molecule has 29 heavy (non-hydrogen) atoms. The summed E-state index contributed by atoms with van der Waals surface area (Å²) in [5, 5.41) is 6.72. The van der Waals surface area contributed by atoms with Crippen LogP contribution in [0.15, 0.2) is 41.3 Å². The summed E-state index contributed by atoms with van der Waals surface area (Å²) in [5.41, 5.74) is -0.645. The van der Waals surface area contributed by atoms with E-state index < -0.39 is 17.8 Å². The molecule has 0 unspecified atom stereocenters. The maximum atomic E-state index is 13.1.